The molecule has 0 bridgehead atoms. The minimum Gasteiger partial charge on any atom is -0.497 e. The summed E-state index contributed by atoms with van der Waals surface area (Å²) in [4.78, 5) is 31.8. The van der Waals surface area contributed by atoms with Gasteiger partial charge in [-0.05, 0) is 82.6 Å². The van der Waals surface area contributed by atoms with Crippen LogP contribution in [-0.2, 0) is 9.47 Å². The van der Waals surface area contributed by atoms with Crippen LogP contribution < -0.4 is 9.64 Å². The maximum absolute atomic E-state index is 12.7. The van der Waals surface area contributed by atoms with E-state index in [9.17, 15) is 4.79 Å². The van der Waals surface area contributed by atoms with Crippen LogP contribution in [0.2, 0.25) is 0 Å². The summed E-state index contributed by atoms with van der Waals surface area (Å²) in [6.07, 6.45) is 5.64. The first-order chi connectivity index (χ1) is 18.8. The Kier molecular flexibility index (Phi) is 6.82. The number of hydrogen-bond acceptors (Lipinski definition) is 8. The van der Waals surface area contributed by atoms with Crippen LogP contribution in [0.5, 0.6) is 5.75 Å². The van der Waals surface area contributed by atoms with Crippen LogP contribution in [0.4, 0.5) is 10.7 Å². The Hall–Kier alpha value is -3.40. The molecular formula is C29H38N6O4. The van der Waals surface area contributed by atoms with Crippen molar-refractivity contribution in [3.63, 3.8) is 0 Å². The molecule has 1 amide bonds. The molecule has 0 radical (unpaired) electrons. The van der Waals surface area contributed by atoms with Gasteiger partial charge >= 0.3 is 6.09 Å². The monoisotopic (exact) mass is 534 g/mol. The molecule has 2 aromatic heterocycles. The van der Waals surface area contributed by atoms with E-state index < -0.39 is 5.60 Å². The van der Waals surface area contributed by atoms with Crippen molar-refractivity contribution < 1.29 is 19.0 Å². The molecule has 3 saturated heterocycles. The molecule has 10 heteroatoms. The molecule has 10 nitrogen and oxygen atoms in total. The Morgan fingerprint density at radius 2 is 1.82 bits per heavy atom. The average Bonchev–Trinajstić information content (AvgIpc) is 3.56. The Labute approximate surface area is 229 Å². The van der Waals surface area contributed by atoms with Crippen molar-refractivity contribution in [3.05, 3.63) is 30.6 Å². The Morgan fingerprint density at radius 1 is 1.03 bits per heavy atom. The molecule has 0 N–H and O–H groups in total. The molecule has 3 aromatic rings. The highest BCUT2D eigenvalue weighted by atomic mass is 16.6. The first kappa shape index (κ1) is 25.9. The van der Waals surface area contributed by atoms with Gasteiger partial charge in [0.1, 0.15) is 28.8 Å². The van der Waals surface area contributed by atoms with Gasteiger partial charge in [-0.2, -0.15) is 4.98 Å². The number of fused-ring (bicyclic) bond motifs is 2. The van der Waals surface area contributed by atoms with Crippen LogP contribution in [0.1, 0.15) is 52.7 Å². The second kappa shape index (κ2) is 10.3. The van der Waals surface area contributed by atoms with E-state index in [1.165, 1.54) is 0 Å². The lowest BCUT2D eigenvalue weighted by molar-refractivity contribution is -0.0298. The summed E-state index contributed by atoms with van der Waals surface area (Å²) in [5, 5.41) is 0. The van der Waals surface area contributed by atoms with Gasteiger partial charge in [-0.15, -0.1) is 0 Å². The van der Waals surface area contributed by atoms with Crippen molar-refractivity contribution in [2.45, 2.75) is 58.3 Å². The van der Waals surface area contributed by atoms with Crippen molar-refractivity contribution in [3.8, 4) is 17.0 Å². The smallest absolute Gasteiger partial charge is 0.410 e. The van der Waals surface area contributed by atoms with E-state index in [-0.39, 0.29) is 12.3 Å². The zero-order valence-electron chi connectivity index (χ0n) is 23.3. The topological polar surface area (TPSA) is 94.8 Å². The lowest BCUT2D eigenvalue weighted by atomic mass is 9.89. The van der Waals surface area contributed by atoms with Gasteiger partial charge in [0.2, 0.25) is 5.95 Å². The molecule has 3 aliphatic rings. The predicted octanol–water partition coefficient (Wildman–Crippen LogP) is 4.89. The van der Waals surface area contributed by atoms with E-state index in [1.54, 1.807) is 7.11 Å². The number of aromatic nitrogens is 4. The number of anilines is 1. The number of amides is 1. The summed E-state index contributed by atoms with van der Waals surface area (Å²) in [7, 11) is 1.67. The van der Waals surface area contributed by atoms with Crippen LogP contribution in [0.25, 0.3) is 22.4 Å². The Balaban J connectivity index is 1.32. The van der Waals surface area contributed by atoms with Crippen LogP contribution in [0, 0.1) is 11.8 Å². The van der Waals surface area contributed by atoms with Crippen LogP contribution >= 0.6 is 0 Å². The van der Waals surface area contributed by atoms with Gasteiger partial charge in [0.25, 0.3) is 0 Å². The predicted molar refractivity (Wildman–Crippen MR) is 148 cm³/mol. The second-order valence-electron chi connectivity index (χ2n) is 11.9. The molecule has 0 aliphatic carbocycles. The second-order valence-corrected chi connectivity index (χ2v) is 11.9. The first-order valence-corrected chi connectivity index (χ1v) is 14.0. The molecule has 208 valence electrons. The van der Waals surface area contributed by atoms with E-state index in [0.717, 1.165) is 73.6 Å². The number of carbonyl (C=O) groups is 1. The maximum atomic E-state index is 12.7. The zero-order chi connectivity index (χ0) is 27.1. The number of imidazole rings is 1. The van der Waals surface area contributed by atoms with E-state index in [2.05, 4.69) is 9.47 Å². The van der Waals surface area contributed by atoms with Gasteiger partial charge in [0.05, 0.1) is 13.4 Å². The molecule has 0 spiro atoms. The summed E-state index contributed by atoms with van der Waals surface area (Å²) in [5.41, 5.74) is 2.83. The van der Waals surface area contributed by atoms with Crippen molar-refractivity contribution in [2.75, 3.05) is 44.8 Å². The van der Waals surface area contributed by atoms with Gasteiger partial charge in [-0.25, -0.2) is 14.8 Å². The molecule has 3 fully saturated rings. The zero-order valence-corrected chi connectivity index (χ0v) is 23.3. The van der Waals surface area contributed by atoms with Crippen LogP contribution in [0.3, 0.4) is 0 Å². The average molecular weight is 535 g/mol. The molecule has 39 heavy (non-hydrogen) atoms. The molecule has 3 atom stereocenters. The lowest BCUT2D eigenvalue weighted by Gasteiger charge is -2.35. The summed E-state index contributed by atoms with van der Waals surface area (Å²) < 4.78 is 19.2. The quantitative estimate of drug-likeness (QED) is 0.467. The molecule has 1 aromatic carbocycles. The molecule has 6 rings (SSSR count). The SMILES string of the molecule is COc1ccc(-c2nc(N3CC4CCN(C(=O)OC(C)(C)C)CC4C3)nc3c2ncn3C2CCCCO2)cc1. The number of benzene rings is 1. The summed E-state index contributed by atoms with van der Waals surface area (Å²) in [6.45, 7) is 9.55. The van der Waals surface area contributed by atoms with E-state index in [0.29, 0.717) is 30.9 Å². The summed E-state index contributed by atoms with van der Waals surface area (Å²) in [5.74, 6) is 2.33. The van der Waals surface area contributed by atoms with Gasteiger partial charge in [0, 0.05) is 38.3 Å². The molecular weight excluding hydrogens is 496 g/mol. The van der Waals surface area contributed by atoms with E-state index >= 15 is 0 Å². The number of nitrogens with zero attached hydrogens (tertiary/aromatic N) is 6. The number of rotatable bonds is 4. The maximum Gasteiger partial charge on any atom is 0.410 e. The number of piperidine rings is 1. The Bertz CT molecular complexity index is 1330. The lowest BCUT2D eigenvalue weighted by Crippen LogP contribution is -2.45. The largest absolute Gasteiger partial charge is 0.497 e. The highest BCUT2D eigenvalue weighted by molar-refractivity contribution is 5.88. The number of methoxy groups -OCH3 is 1. The number of ether oxygens (including phenoxy) is 3. The third-order valence-corrected chi connectivity index (χ3v) is 7.97. The van der Waals surface area contributed by atoms with E-state index in [4.69, 9.17) is 29.2 Å². The highest BCUT2D eigenvalue weighted by Gasteiger charge is 2.40. The van der Waals surface area contributed by atoms with Gasteiger partial charge in [0.15, 0.2) is 5.65 Å². The van der Waals surface area contributed by atoms with Gasteiger partial charge in [-0.1, -0.05) is 0 Å². The number of hydrogen-bond donors (Lipinski definition) is 0. The molecule has 0 saturated carbocycles. The van der Waals surface area contributed by atoms with Crippen LogP contribution in [-0.4, -0.2) is 76.0 Å². The summed E-state index contributed by atoms with van der Waals surface area (Å²) in [6, 6.07) is 7.92. The van der Waals surface area contributed by atoms with Crippen molar-refractivity contribution in [1.29, 1.82) is 0 Å². The van der Waals surface area contributed by atoms with Crippen molar-refractivity contribution >= 4 is 23.2 Å². The highest BCUT2D eigenvalue weighted by Crippen LogP contribution is 2.36. The minimum absolute atomic E-state index is 0.0706. The van der Waals surface area contributed by atoms with E-state index in [1.807, 2.05) is 56.3 Å². The molecule has 3 unspecified atom stereocenters. The van der Waals surface area contributed by atoms with Crippen molar-refractivity contribution in [1.82, 2.24) is 24.4 Å². The minimum atomic E-state index is -0.498. The molecule has 3 aliphatic heterocycles. The third kappa shape index (κ3) is 5.26. The van der Waals surface area contributed by atoms with Crippen LogP contribution in [0.15, 0.2) is 30.6 Å². The first-order valence-electron chi connectivity index (χ1n) is 14.0. The van der Waals surface area contributed by atoms with Gasteiger partial charge in [-0.3, -0.25) is 4.57 Å². The fourth-order valence-electron chi connectivity index (χ4n) is 5.97. The fraction of sp³-hybridized carbons (Fsp3) is 0.586. The fourth-order valence-corrected chi connectivity index (χ4v) is 5.97. The summed E-state index contributed by atoms with van der Waals surface area (Å²) >= 11 is 0. The molecule has 5 heterocycles. The Morgan fingerprint density at radius 3 is 2.54 bits per heavy atom. The number of carbonyl (C=O) groups excluding carboxylic acids is 1. The number of likely N-dealkylation sites (tertiary alicyclic amines) is 1. The normalized spacial score (nSPS) is 23.6. The van der Waals surface area contributed by atoms with Gasteiger partial charge < -0.3 is 24.0 Å². The van der Waals surface area contributed by atoms with Crippen molar-refractivity contribution in [2.24, 2.45) is 11.8 Å². The third-order valence-electron chi connectivity index (χ3n) is 7.97. The standard InChI is InChI=1S/C29H38N6O4/c1-29(2,3)39-28(36)33-13-12-20-15-34(17-21(20)16-33)27-31-24(19-8-10-22(37-4)11-9-19)25-26(32-27)35(18-30-25)23-7-5-6-14-38-23/h8-11,18,20-21,23H,5-7,12-17H2,1-4H3.